The third-order valence-corrected chi connectivity index (χ3v) is 5.99. The molecule has 13 heteroatoms. The molecule has 4 amide bonds. The molecule has 0 radical (unpaired) electrons. The number of nitrogens with one attached hydrogen (secondary N) is 2. The first-order chi connectivity index (χ1) is 15.7. The van der Waals surface area contributed by atoms with Crippen molar-refractivity contribution in [2.24, 2.45) is 11.5 Å². The molecule has 2 aliphatic rings. The van der Waals surface area contributed by atoms with E-state index in [4.69, 9.17) is 11.5 Å². The molecule has 0 aromatic carbocycles. The Morgan fingerprint density at radius 2 is 1.82 bits per heavy atom. The molecule has 4 atom stereocenters. The van der Waals surface area contributed by atoms with E-state index in [0.29, 0.717) is 44.5 Å². The van der Waals surface area contributed by atoms with Crippen LogP contribution >= 0.6 is 0 Å². The van der Waals surface area contributed by atoms with Crippen LogP contribution in [0.1, 0.15) is 37.8 Å². The van der Waals surface area contributed by atoms with Gasteiger partial charge in [0.15, 0.2) is 0 Å². The Morgan fingerprint density at radius 1 is 1.15 bits per heavy atom. The van der Waals surface area contributed by atoms with Crippen molar-refractivity contribution in [1.29, 1.82) is 0 Å². The fourth-order valence-corrected chi connectivity index (χ4v) is 4.37. The van der Waals surface area contributed by atoms with Crippen molar-refractivity contribution in [2.75, 3.05) is 13.1 Å². The Labute approximate surface area is 189 Å². The molecule has 3 heterocycles. The highest BCUT2D eigenvalue weighted by Gasteiger charge is 2.43. The van der Waals surface area contributed by atoms with E-state index in [9.17, 15) is 29.1 Å². The summed E-state index contributed by atoms with van der Waals surface area (Å²) in [5, 5.41) is 12.0. The molecular formula is C20H29N7O6. The van der Waals surface area contributed by atoms with Gasteiger partial charge in [0.05, 0.1) is 18.8 Å². The van der Waals surface area contributed by atoms with E-state index in [1.54, 1.807) is 0 Å². The van der Waals surface area contributed by atoms with Crippen molar-refractivity contribution in [2.45, 2.75) is 62.7 Å². The summed E-state index contributed by atoms with van der Waals surface area (Å²) in [6.45, 7) is 0.619. The third-order valence-electron chi connectivity index (χ3n) is 5.99. The summed E-state index contributed by atoms with van der Waals surface area (Å²) in [6.07, 6.45) is 4.54. The van der Waals surface area contributed by atoms with Crippen LogP contribution in [-0.2, 0) is 30.4 Å². The fraction of sp³-hybridized carbons (Fsp3) is 0.600. The number of primary amides is 1. The van der Waals surface area contributed by atoms with E-state index in [-0.39, 0.29) is 12.8 Å². The van der Waals surface area contributed by atoms with Crippen LogP contribution in [0.2, 0.25) is 0 Å². The van der Waals surface area contributed by atoms with Crippen LogP contribution < -0.4 is 16.8 Å². The number of imidazole rings is 1. The fourth-order valence-electron chi connectivity index (χ4n) is 4.37. The van der Waals surface area contributed by atoms with Crippen LogP contribution in [0, 0.1) is 0 Å². The minimum atomic E-state index is -1.23. The monoisotopic (exact) mass is 463 g/mol. The summed E-state index contributed by atoms with van der Waals surface area (Å²) in [5.74, 6) is -3.43. The van der Waals surface area contributed by atoms with E-state index >= 15 is 0 Å². The first kappa shape index (κ1) is 24.2. The summed E-state index contributed by atoms with van der Waals surface area (Å²) in [6, 6.07) is -4.00. The Hall–Kier alpha value is -3.48. The van der Waals surface area contributed by atoms with Gasteiger partial charge in [-0.25, -0.2) is 9.78 Å². The van der Waals surface area contributed by atoms with Gasteiger partial charge in [-0.15, -0.1) is 0 Å². The van der Waals surface area contributed by atoms with E-state index in [2.05, 4.69) is 15.3 Å². The lowest BCUT2D eigenvalue weighted by atomic mass is 10.1. The van der Waals surface area contributed by atoms with E-state index < -0.39 is 53.8 Å². The number of aromatic amines is 1. The maximum absolute atomic E-state index is 13.5. The number of carbonyl (C=O) groups is 5. The molecule has 7 N–H and O–H groups in total. The van der Waals surface area contributed by atoms with Gasteiger partial charge in [-0.2, -0.15) is 0 Å². The van der Waals surface area contributed by atoms with Crippen molar-refractivity contribution < 1.29 is 29.1 Å². The SMILES string of the molecule is NC(=O)CC(N)C(=O)NC(Cc1cnc[nH]1)C(=O)N1CCCC1C(=O)N1CCCC1C(=O)O. The summed E-state index contributed by atoms with van der Waals surface area (Å²) in [5.41, 5.74) is 11.4. The predicted octanol–water partition coefficient (Wildman–Crippen LogP) is -2.29. The van der Waals surface area contributed by atoms with Crippen LogP contribution in [0.5, 0.6) is 0 Å². The van der Waals surface area contributed by atoms with Gasteiger partial charge < -0.3 is 36.7 Å². The van der Waals surface area contributed by atoms with Crippen molar-refractivity contribution in [3.63, 3.8) is 0 Å². The number of H-pyrrole nitrogens is 1. The van der Waals surface area contributed by atoms with Crippen LogP contribution in [0.15, 0.2) is 12.5 Å². The number of carboxylic acids is 1. The van der Waals surface area contributed by atoms with Crippen LogP contribution in [0.3, 0.4) is 0 Å². The Kier molecular flexibility index (Phi) is 7.63. The molecule has 13 nitrogen and oxygen atoms in total. The van der Waals surface area contributed by atoms with Gasteiger partial charge in [0.25, 0.3) is 0 Å². The zero-order valence-corrected chi connectivity index (χ0v) is 18.1. The second kappa shape index (κ2) is 10.4. The molecule has 180 valence electrons. The van der Waals surface area contributed by atoms with Crippen molar-refractivity contribution >= 4 is 29.6 Å². The molecule has 0 aliphatic carbocycles. The topological polar surface area (TPSA) is 205 Å². The lowest BCUT2D eigenvalue weighted by Gasteiger charge is -2.32. The number of carboxylic acid groups (broad SMARTS) is 1. The zero-order valence-electron chi connectivity index (χ0n) is 18.1. The number of nitrogens with zero attached hydrogens (tertiary/aromatic N) is 3. The number of hydrogen-bond acceptors (Lipinski definition) is 7. The largest absolute Gasteiger partial charge is 0.480 e. The smallest absolute Gasteiger partial charge is 0.326 e. The molecule has 3 rings (SSSR count). The number of hydrogen-bond donors (Lipinski definition) is 5. The van der Waals surface area contributed by atoms with Gasteiger partial charge in [0, 0.05) is 31.4 Å². The molecule has 4 unspecified atom stereocenters. The van der Waals surface area contributed by atoms with E-state index in [1.165, 1.54) is 22.3 Å². The number of rotatable bonds is 9. The van der Waals surface area contributed by atoms with Gasteiger partial charge in [-0.05, 0) is 25.7 Å². The van der Waals surface area contributed by atoms with Gasteiger partial charge in [0.1, 0.15) is 18.1 Å². The molecule has 33 heavy (non-hydrogen) atoms. The summed E-state index contributed by atoms with van der Waals surface area (Å²) >= 11 is 0. The van der Waals surface area contributed by atoms with Gasteiger partial charge in [0.2, 0.25) is 23.6 Å². The molecule has 1 aromatic heterocycles. The maximum atomic E-state index is 13.5. The number of aromatic nitrogens is 2. The van der Waals surface area contributed by atoms with Gasteiger partial charge >= 0.3 is 5.97 Å². The van der Waals surface area contributed by atoms with Gasteiger partial charge in [-0.1, -0.05) is 0 Å². The highest BCUT2D eigenvalue weighted by atomic mass is 16.4. The van der Waals surface area contributed by atoms with Crippen molar-refractivity contribution in [3.8, 4) is 0 Å². The third kappa shape index (κ3) is 5.66. The summed E-state index contributed by atoms with van der Waals surface area (Å²) in [7, 11) is 0. The van der Waals surface area contributed by atoms with Crippen LogP contribution in [0.4, 0.5) is 0 Å². The minimum absolute atomic E-state index is 0.0622. The lowest BCUT2D eigenvalue weighted by molar-refractivity contribution is -0.152. The molecule has 0 saturated carbocycles. The summed E-state index contributed by atoms with van der Waals surface area (Å²) < 4.78 is 0. The molecule has 0 bridgehead atoms. The average Bonchev–Trinajstić information content (AvgIpc) is 3.53. The van der Waals surface area contributed by atoms with Crippen LogP contribution in [-0.4, -0.2) is 91.7 Å². The first-order valence-electron chi connectivity index (χ1n) is 10.8. The summed E-state index contributed by atoms with van der Waals surface area (Å²) in [4.78, 5) is 71.2. The zero-order chi connectivity index (χ0) is 24.1. The average molecular weight is 463 g/mol. The number of carbonyl (C=O) groups excluding carboxylic acids is 4. The molecule has 0 spiro atoms. The van der Waals surface area contributed by atoms with Crippen LogP contribution in [0.25, 0.3) is 0 Å². The molecule has 2 saturated heterocycles. The normalized spacial score (nSPS) is 22.1. The Balaban J connectivity index is 1.77. The standard InChI is InChI=1S/C20H29N7O6/c21-12(8-16(22)28)17(29)25-13(7-11-9-23-10-24-11)18(30)26-5-1-3-14(26)19(31)27-6-2-4-15(27)20(32)33/h9-10,12-15H,1-8,21H2,(H2,22,28)(H,23,24)(H,25,29)(H,32,33). The number of amides is 4. The quantitative estimate of drug-likeness (QED) is 0.269. The van der Waals surface area contributed by atoms with Crippen molar-refractivity contribution in [3.05, 3.63) is 18.2 Å². The van der Waals surface area contributed by atoms with Crippen molar-refractivity contribution in [1.82, 2.24) is 25.1 Å². The Bertz CT molecular complexity index is 905. The number of likely N-dealkylation sites (tertiary alicyclic amines) is 2. The Morgan fingerprint density at radius 3 is 2.42 bits per heavy atom. The van der Waals surface area contributed by atoms with E-state index in [1.807, 2.05) is 0 Å². The maximum Gasteiger partial charge on any atom is 0.326 e. The molecule has 2 fully saturated rings. The van der Waals surface area contributed by atoms with Gasteiger partial charge in [-0.3, -0.25) is 19.2 Å². The number of aliphatic carboxylic acids is 1. The molecular weight excluding hydrogens is 434 g/mol. The predicted molar refractivity (Wildman–Crippen MR) is 113 cm³/mol. The minimum Gasteiger partial charge on any atom is -0.480 e. The highest BCUT2D eigenvalue weighted by Crippen LogP contribution is 2.26. The lowest BCUT2D eigenvalue weighted by Crippen LogP contribution is -2.57. The number of nitrogens with two attached hydrogens (primary N) is 2. The second-order valence-corrected chi connectivity index (χ2v) is 8.34. The highest BCUT2D eigenvalue weighted by molar-refractivity contribution is 5.95. The van der Waals surface area contributed by atoms with E-state index in [0.717, 1.165) is 0 Å². The second-order valence-electron chi connectivity index (χ2n) is 8.34. The first-order valence-corrected chi connectivity index (χ1v) is 10.8. The molecule has 2 aliphatic heterocycles. The molecule has 1 aromatic rings.